The summed E-state index contributed by atoms with van der Waals surface area (Å²) in [6.07, 6.45) is 5.58. The number of aromatic nitrogens is 2. The van der Waals surface area contributed by atoms with Gasteiger partial charge < -0.3 is 15.0 Å². The molecule has 0 radical (unpaired) electrons. The second kappa shape index (κ2) is 8.02. The third-order valence-corrected chi connectivity index (χ3v) is 6.76. The molecule has 2 saturated heterocycles. The minimum atomic E-state index is 0.000682. The smallest absolute Gasteiger partial charge is 0.317 e. The van der Waals surface area contributed by atoms with Gasteiger partial charge >= 0.3 is 12.0 Å². The molecule has 5 atom stereocenters. The van der Waals surface area contributed by atoms with Crippen LogP contribution in [-0.2, 0) is 6.54 Å². The van der Waals surface area contributed by atoms with Gasteiger partial charge in [-0.05, 0) is 42.4 Å². The summed E-state index contributed by atoms with van der Waals surface area (Å²) >= 11 is 6.11. The van der Waals surface area contributed by atoms with Crippen LogP contribution < -0.4 is 20.9 Å². The second-order valence-electron chi connectivity index (χ2n) is 8.34. The molecular weight excluding hydrogens is 404 g/mol. The van der Waals surface area contributed by atoms with E-state index in [2.05, 4.69) is 26.1 Å². The van der Waals surface area contributed by atoms with Gasteiger partial charge in [0.1, 0.15) is 0 Å². The normalized spacial score (nSPS) is 30.4. The summed E-state index contributed by atoms with van der Waals surface area (Å²) in [6.45, 7) is 1.31. The summed E-state index contributed by atoms with van der Waals surface area (Å²) in [6, 6.07) is 8.70. The van der Waals surface area contributed by atoms with Gasteiger partial charge in [-0.15, -0.1) is 0 Å². The van der Waals surface area contributed by atoms with Crippen LogP contribution in [0, 0.1) is 11.8 Å². The molecule has 1 aromatic heterocycles. The summed E-state index contributed by atoms with van der Waals surface area (Å²) in [5, 5.41) is 3.92. The van der Waals surface area contributed by atoms with E-state index < -0.39 is 0 Å². The summed E-state index contributed by atoms with van der Waals surface area (Å²) in [7, 11) is 1.56. The highest BCUT2D eigenvalue weighted by molar-refractivity contribution is 6.30. The molecule has 0 spiro atoms. The van der Waals surface area contributed by atoms with Gasteiger partial charge in [-0.25, -0.2) is 20.2 Å². The number of halogens is 1. The Balaban J connectivity index is 1.30. The summed E-state index contributed by atoms with van der Waals surface area (Å²) in [5.41, 5.74) is 8.93. The zero-order valence-corrected chi connectivity index (χ0v) is 17.5. The summed E-state index contributed by atoms with van der Waals surface area (Å²) in [4.78, 5) is 23.1. The van der Waals surface area contributed by atoms with Crippen LogP contribution in [-0.4, -0.2) is 46.6 Å². The molecule has 1 saturated carbocycles. The number of nitrogens with one attached hydrogen (secondary N) is 3. The zero-order valence-electron chi connectivity index (χ0n) is 16.7. The predicted octanol–water partition coefficient (Wildman–Crippen LogP) is 2.28. The first-order valence-corrected chi connectivity index (χ1v) is 10.7. The van der Waals surface area contributed by atoms with Gasteiger partial charge in [-0.3, -0.25) is 5.43 Å². The first kappa shape index (κ1) is 19.5. The number of urea groups is 1. The number of methoxy groups -OCH3 is 1. The monoisotopic (exact) mass is 428 g/mol. The van der Waals surface area contributed by atoms with Gasteiger partial charge in [0.25, 0.3) is 0 Å². The largest absolute Gasteiger partial charge is 0.467 e. The third kappa shape index (κ3) is 3.71. The lowest BCUT2D eigenvalue weighted by molar-refractivity contribution is 0.0961. The van der Waals surface area contributed by atoms with Crippen molar-refractivity contribution >= 4 is 17.6 Å². The number of hydrazine groups is 1. The van der Waals surface area contributed by atoms with E-state index in [0.717, 1.165) is 30.5 Å². The Morgan fingerprint density at radius 1 is 1.20 bits per heavy atom. The summed E-state index contributed by atoms with van der Waals surface area (Å²) in [5.74, 6) is 0.803. The Labute approximate surface area is 180 Å². The molecule has 30 heavy (non-hydrogen) atoms. The average Bonchev–Trinajstić information content (AvgIpc) is 3.15. The van der Waals surface area contributed by atoms with Crippen molar-refractivity contribution in [3.05, 3.63) is 52.8 Å². The molecule has 2 aliphatic heterocycles. The number of ether oxygens (including phenoxy) is 1. The Morgan fingerprint density at radius 2 is 2.03 bits per heavy atom. The zero-order chi connectivity index (χ0) is 20.7. The van der Waals surface area contributed by atoms with Crippen molar-refractivity contribution in [3.63, 3.8) is 0 Å². The van der Waals surface area contributed by atoms with Crippen LogP contribution in [0.5, 0.6) is 6.01 Å². The molecule has 1 aliphatic carbocycles. The minimum absolute atomic E-state index is 0.000682. The van der Waals surface area contributed by atoms with Crippen molar-refractivity contribution < 1.29 is 9.53 Å². The number of fused-ring (bicyclic) bond motifs is 2. The first-order chi connectivity index (χ1) is 14.6. The number of amides is 2. The molecule has 3 N–H and O–H groups in total. The number of rotatable bonds is 4. The Bertz CT molecular complexity index is 926. The van der Waals surface area contributed by atoms with Crippen LogP contribution in [0.4, 0.5) is 4.79 Å². The van der Waals surface area contributed by atoms with Gasteiger partial charge in [-0.1, -0.05) is 23.7 Å². The molecule has 2 amide bonds. The van der Waals surface area contributed by atoms with Crippen LogP contribution in [0.1, 0.15) is 30.0 Å². The van der Waals surface area contributed by atoms with Crippen molar-refractivity contribution in [2.24, 2.45) is 11.8 Å². The van der Waals surface area contributed by atoms with Crippen molar-refractivity contribution in [2.75, 3.05) is 13.7 Å². The van der Waals surface area contributed by atoms with Gasteiger partial charge in [-0.2, -0.15) is 0 Å². The highest BCUT2D eigenvalue weighted by Crippen LogP contribution is 2.41. The molecule has 1 aromatic carbocycles. The van der Waals surface area contributed by atoms with E-state index in [1.807, 2.05) is 41.6 Å². The predicted molar refractivity (Wildman–Crippen MR) is 112 cm³/mol. The maximum atomic E-state index is 12.7. The standard InChI is InChI=1S/C21H25ClN6O2/c1-30-20-23-8-14(9-24-20)19-16-6-13-11-28(10-12-3-2-4-15(22)5-12)21(29)25-17(13)7-18(16)26-27-19/h2-5,8-9,13,16-19,26-27H,6-7,10-11H2,1H3,(H,25,29). The van der Waals surface area contributed by atoms with E-state index in [1.54, 1.807) is 7.11 Å². The molecule has 3 heterocycles. The van der Waals surface area contributed by atoms with E-state index >= 15 is 0 Å². The van der Waals surface area contributed by atoms with Gasteiger partial charge in [0, 0.05) is 48.2 Å². The fourth-order valence-corrected chi connectivity index (χ4v) is 5.28. The third-order valence-electron chi connectivity index (χ3n) is 6.52. The molecule has 3 fully saturated rings. The molecule has 9 heteroatoms. The van der Waals surface area contributed by atoms with Crippen LogP contribution in [0.25, 0.3) is 0 Å². The fourth-order valence-electron chi connectivity index (χ4n) is 5.07. The van der Waals surface area contributed by atoms with Crippen LogP contribution in [0.3, 0.4) is 0 Å². The SMILES string of the molecule is COc1ncc(C2NNC3CC4NC(=O)N(Cc5cccc(Cl)c5)CC4CC32)cn1. The van der Waals surface area contributed by atoms with Crippen molar-refractivity contribution in [1.29, 1.82) is 0 Å². The molecule has 0 bridgehead atoms. The van der Waals surface area contributed by atoms with Crippen LogP contribution in [0.15, 0.2) is 36.7 Å². The first-order valence-electron chi connectivity index (χ1n) is 10.3. The Morgan fingerprint density at radius 3 is 2.80 bits per heavy atom. The number of nitrogens with zero attached hydrogens (tertiary/aromatic N) is 3. The quantitative estimate of drug-likeness (QED) is 0.692. The van der Waals surface area contributed by atoms with E-state index in [1.165, 1.54) is 0 Å². The van der Waals surface area contributed by atoms with Crippen molar-refractivity contribution in [3.8, 4) is 6.01 Å². The molecule has 158 valence electrons. The van der Waals surface area contributed by atoms with E-state index in [4.69, 9.17) is 16.3 Å². The fraction of sp³-hybridized carbons (Fsp3) is 0.476. The number of carbonyl (C=O) groups is 1. The topological polar surface area (TPSA) is 91.4 Å². The lowest BCUT2D eigenvalue weighted by Crippen LogP contribution is -2.60. The van der Waals surface area contributed by atoms with Crippen LogP contribution in [0.2, 0.25) is 5.02 Å². The second-order valence-corrected chi connectivity index (χ2v) is 8.77. The molecule has 5 rings (SSSR count). The van der Waals surface area contributed by atoms with Gasteiger partial charge in [0.2, 0.25) is 0 Å². The van der Waals surface area contributed by atoms with Gasteiger partial charge in [0.15, 0.2) is 0 Å². The molecule has 5 unspecified atom stereocenters. The van der Waals surface area contributed by atoms with Crippen LogP contribution >= 0.6 is 11.6 Å². The van der Waals surface area contributed by atoms with E-state index in [9.17, 15) is 4.79 Å². The average molecular weight is 429 g/mol. The number of carbonyl (C=O) groups excluding carboxylic acids is 1. The van der Waals surface area contributed by atoms with Crippen molar-refractivity contribution in [1.82, 2.24) is 31.0 Å². The highest BCUT2D eigenvalue weighted by Gasteiger charge is 2.47. The lowest BCUT2D eigenvalue weighted by Gasteiger charge is -2.45. The lowest BCUT2D eigenvalue weighted by atomic mass is 9.71. The number of hydrogen-bond donors (Lipinski definition) is 3. The Kier molecular flexibility index (Phi) is 5.22. The highest BCUT2D eigenvalue weighted by atomic mass is 35.5. The minimum Gasteiger partial charge on any atom is -0.467 e. The number of benzene rings is 1. The Hall–Kier alpha value is -2.42. The molecular formula is C21H25ClN6O2. The maximum absolute atomic E-state index is 12.7. The maximum Gasteiger partial charge on any atom is 0.317 e. The molecule has 2 aromatic rings. The van der Waals surface area contributed by atoms with E-state index in [-0.39, 0.29) is 18.1 Å². The van der Waals surface area contributed by atoms with Crippen molar-refractivity contribution in [2.45, 2.75) is 37.5 Å². The summed E-state index contributed by atoms with van der Waals surface area (Å²) < 4.78 is 5.07. The van der Waals surface area contributed by atoms with Gasteiger partial charge in [0.05, 0.1) is 13.2 Å². The number of hydrogen-bond acceptors (Lipinski definition) is 6. The van der Waals surface area contributed by atoms with E-state index in [0.29, 0.717) is 35.5 Å². The molecule has 3 aliphatic rings. The molecule has 8 nitrogen and oxygen atoms in total.